The molecule has 1 N–H and O–H groups in total. The lowest BCUT2D eigenvalue weighted by Crippen LogP contribution is -2.35. The fourth-order valence-corrected chi connectivity index (χ4v) is 5.86. The molecule has 1 aliphatic heterocycles. The third kappa shape index (κ3) is 3.87. The summed E-state index contributed by atoms with van der Waals surface area (Å²) >= 11 is 1.15. The van der Waals surface area contributed by atoms with Crippen LogP contribution < -0.4 is 5.32 Å². The molecule has 0 unspecified atom stereocenters. The van der Waals surface area contributed by atoms with Crippen LogP contribution in [0.2, 0.25) is 0 Å². The zero-order chi connectivity index (χ0) is 19.6. The van der Waals surface area contributed by atoms with E-state index in [2.05, 4.69) is 5.32 Å². The quantitative estimate of drug-likeness (QED) is 0.698. The van der Waals surface area contributed by atoms with Crippen LogP contribution in [0.15, 0.2) is 70.9 Å². The molecule has 0 bridgehead atoms. The van der Waals surface area contributed by atoms with Crippen LogP contribution in [-0.2, 0) is 29.5 Å². The number of fused-ring (bicyclic) bond motifs is 1. The first-order valence-electron chi connectivity index (χ1n) is 9.01. The van der Waals surface area contributed by atoms with Gasteiger partial charge in [-0.1, -0.05) is 54.6 Å². The molecule has 7 heteroatoms. The largest absolute Gasteiger partial charge is 0.347 e. The third-order valence-electron chi connectivity index (χ3n) is 4.83. The Morgan fingerprint density at radius 2 is 1.75 bits per heavy atom. The lowest BCUT2D eigenvalue weighted by atomic mass is 10.0. The van der Waals surface area contributed by atoms with E-state index in [4.69, 9.17) is 0 Å². The molecule has 0 atom stereocenters. The van der Waals surface area contributed by atoms with Gasteiger partial charge in [0, 0.05) is 25.0 Å². The highest BCUT2D eigenvalue weighted by molar-refractivity contribution is 7.89. The SMILES string of the molecule is O=C(NCc1ccccc1)c1cc(S(=O)(=O)N2CCc3ccccc3C2)cs1. The summed E-state index contributed by atoms with van der Waals surface area (Å²) in [5.41, 5.74) is 3.22. The predicted octanol–water partition coefficient (Wildman–Crippen LogP) is 3.43. The van der Waals surface area contributed by atoms with Gasteiger partial charge in [-0.2, -0.15) is 4.31 Å². The van der Waals surface area contributed by atoms with E-state index in [0.717, 1.165) is 22.5 Å². The van der Waals surface area contributed by atoms with Crippen molar-refractivity contribution in [2.45, 2.75) is 24.4 Å². The molecule has 0 radical (unpaired) electrons. The minimum atomic E-state index is -3.62. The summed E-state index contributed by atoms with van der Waals surface area (Å²) < 4.78 is 27.5. The number of rotatable bonds is 5. The molecule has 0 saturated carbocycles. The predicted molar refractivity (Wildman–Crippen MR) is 110 cm³/mol. The number of thiophene rings is 1. The van der Waals surface area contributed by atoms with Gasteiger partial charge in [0.15, 0.2) is 0 Å². The maximum absolute atomic E-state index is 13.0. The Morgan fingerprint density at radius 3 is 2.54 bits per heavy atom. The van der Waals surface area contributed by atoms with E-state index in [9.17, 15) is 13.2 Å². The van der Waals surface area contributed by atoms with Crippen molar-refractivity contribution in [2.24, 2.45) is 0 Å². The van der Waals surface area contributed by atoms with Crippen molar-refractivity contribution in [3.05, 3.63) is 87.6 Å². The molecule has 3 aromatic rings. The van der Waals surface area contributed by atoms with Crippen molar-refractivity contribution >= 4 is 27.3 Å². The van der Waals surface area contributed by atoms with Gasteiger partial charge in [-0.15, -0.1) is 11.3 Å². The summed E-state index contributed by atoms with van der Waals surface area (Å²) in [5.74, 6) is -0.265. The average molecular weight is 413 g/mol. The highest BCUT2D eigenvalue weighted by Gasteiger charge is 2.29. The highest BCUT2D eigenvalue weighted by atomic mass is 32.2. The topological polar surface area (TPSA) is 66.5 Å². The van der Waals surface area contributed by atoms with Crippen molar-refractivity contribution < 1.29 is 13.2 Å². The molecule has 0 fully saturated rings. The van der Waals surface area contributed by atoms with Crippen molar-refractivity contribution in [1.29, 1.82) is 0 Å². The van der Waals surface area contributed by atoms with E-state index < -0.39 is 10.0 Å². The van der Waals surface area contributed by atoms with Crippen LogP contribution in [0, 0.1) is 0 Å². The zero-order valence-corrected chi connectivity index (χ0v) is 16.8. The lowest BCUT2D eigenvalue weighted by molar-refractivity contribution is 0.0955. The molecule has 4 rings (SSSR count). The molecule has 0 saturated heterocycles. The number of nitrogens with one attached hydrogen (secondary N) is 1. The van der Waals surface area contributed by atoms with Crippen LogP contribution >= 0.6 is 11.3 Å². The summed E-state index contributed by atoms with van der Waals surface area (Å²) in [6.45, 7) is 1.22. The molecule has 1 aliphatic rings. The van der Waals surface area contributed by atoms with Crippen molar-refractivity contribution in [3.8, 4) is 0 Å². The van der Waals surface area contributed by atoms with E-state index in [1.807, 2.05) is 54.6 Å². The van der Waals surface area contributed by atoms with Gasteiger partial charge in [-0.25, -0.2) is 8.42 Å². The Kier molecular flexibility index (Phi) is 5.30. The normalized spacial score (nSPS) is 14.4. The lowest BCUT2D eigenvalue weighted by Gasteiger charge is -2.27. The number of sulfonamides is 1. The molecule has 1 amide bonds. The van der Waals surface area contributed by atoms with E-state index in [-0.39, 0.29) is 10.8 Å². The Bertz CT molecular complexity index is 1090. The minimum Gasteiger partial charge on any atom is -0.347 e. The first-order valence-corrected chi connectivity index (χ1v) is 11.3. The second-order valence-corrected chi connectivity index (χ2v) is 9.52. The smallest absolute Gasteiger partial charge is 0.261 e. The van der Waals surface area contributed by atoms with Gasteiger partial charge in [0.05, 0.1) is 9.77 Å². The molecule has 2 heterocycles. The molecule has 5 nitrogen and oxygen atoms in total. The molecule has 0 aliphatic carbocycles. The minimum absolute atomic E-state index is 0.182. The number of carbonyl (C=O) groups is 1. The Balaban J connectivity index is 1.46. The maximum atomic E-state index is 13.0. The third-order valence-corrected chi connectivity index (χ3v) is 7.73. The number of benzene rings is 2. The molecular formula is C21H20N2O3S2. The van der Waals surface area contributed by atoms with E-state index in [1.54, 1.807) is 5.38 Å². The fraction of sp³-hybridized carbons (Fsp3) is 0.190. The van der Waals surface area contributed by atoms with Gasteiger partial charge in [0.1, 0.15) is 0 Å². The number of nitrogens with zero attached hydrogens (tertiary/aromatic N) is 1. The van der Waals surface area contributed by atoms with Gasteiger partial charge in [0.2, 0.25) is 10.0 Å². The van der Waals surface area contributed by atoms with Crippen LogP contribution in [-0.4, -0.2) is 25.2 Å². The molecule has 28 heavy (non-hydrogen) atoms. The Hall–Kier alpha value is -2.48. The number of carbonyl (C=O) groups excluding carboxylic acids is 1. The summed E-state index contributed by atoms with van der Waals surface area (Å²) in [6, 6.07) is 19.0. The van der Waals surface area contributed by atoms with Crippen LogP contribution in [0.3, 0.4) is 0 Å². The monoisotopic (exact) mass is 412 g/mol. The van der Waals surface area contributed by atoms with E-state index >= 15 is 0 Å². The standard InChI is InChI=1S/C21H20N2O3S2/c24-21(22-13-16-6-2-1-3-7-16)20-12-19(15-27-20)28(25,26)23-11-10-17-8-4-5-9-18(17)14-23/h1-9,12,15H,10-11,13-14H2,(H,22,24). The molecular weight excluding hydrogens is 392 g/mol. The molecule has 144 valence electrons. The van der Waals surface area contributed by atoms with Crippen LogP contribution in [0.1, 0.15) is 26.4 Å². The first kappa shape index (κ1) is 18.9. The number of hydrogen-bond donors (Lipinski definition) is 1. The van der Waals surface area contributed by atoms with Gasteiger partial charge in [0.25, 0.3) is 5.91 Å². The second kappa shape index (κ2) is 7.87. The maximum Gasteiger partial charge on any atom is 0.261 e. The summed E-state index contributed by atoms with van der Waals surface area (Å²) in [5, 5.41) is 4.38. The van der Waals surface area contributed by atoms with Gasteiger partial charge < -0.3 is 5.32 Å². The van der Waals surface area contributed by atoms with Crippen molar-refractivity contribution in [2.75, 3.05) is 6.54 Å². The first-order chi connectivity index (χ1) is 13.5. The van der Waals surface area contributed by atoms with Gasteiger partial charge in [-0.05, 0) is 29.2 Å². The van der Waals surface area contributed by atoms with Gasteiger partial charge >= 0.3 is 0 Å². The fourth-order valence-electron chi connectivity index (χ4n) is 3.26. The number of hydrogen-bond acceptors (Lipinski definition) is 4. The second-order valence-electron chi connectivity index (χ2n) is 6.67. The van der Waals surface area contributed by atoms with Crippen LogP contribution in [0.4, 0.5) is 0 Å². The zero-order valence-electron chi connectivity index (χ0n) is 15.2. The molecule has 0 spiro atoms. The van der Waals surface area contributed by atoms with Crippen molar-refractivity contribution in [1.82, 2.24) is 9.62 Å². The average Bonchev–Trinajstić information content (AvgIpc) is 3.24. The molecule has 2 aromatic carbocycles. The number of amides is 1. The summed E-state index contributed by atoms with van der Waals surface area (Å²) in [4.78, 5) is 13.0. The summed E-state index contributed by atoms with van der Waals surface area (Å²) in [6.07, 6.45) is 0.698. The van der Waals surface area contributed by atoms with Crippen molar-refractivity contribution in [3.63, 3.8) is 0 Å². The highest BCUT2D eigenvalue weighted by Crippen LogP contribution is 2.27. The molecule has 1 aromatic heterocycles. The van der Waals surface area contributed by atoms with Gasteiger partial charge in [-0.3, -0.25) is 4.79 Å². The Morgan fingerprint density at radius 1 is 1.04 bits per heavy atom. The van der Waals surface area contributed by atoms with Crippen LogP contribution in [0.5, 0.6) is 0 Å². The van der Waals surface area contributed by atoms with Crippen LogP contribution in [0.25, 0.3) is 0 Å². The van der Waals surface area contributed by atoms with E-state index in [0.29, 0.717) is 30.9 Å². The summed E-state index contributed by atoms with van der Waals surface area (Å²) in [7, 11) is -3.62. The van der Waals surface area contributed by atoms with E-state index in [1.165, 1.54) is 15.9 Å². The Labute approximate surface area is 168 Å².